The Hall–Kier alpha value is -0.130. The minimum Gasteiger partial charge on any atom is -0.0766 e. The third kappa shape index (κ3) is 2.41. The van der Waals surface area contributed by atoms with E-state index in [1.807, 2.05) is 0 Å². The molecule has 90 valence electrons. The predicted molar refractivity (Wildman–Crippen MR) is 79.6 cm³/mol. The maximum atomic E-state index is 2.48. The van der Waals surface area contributed by atoms with Gasteiger partial charge in [0, 0.05) is 0 Å². The molecule has 1 atom stereocenters. The third-order valence-electron chi connectivity index (χ3n) is 5.80. The summed E-state index contributed by atoms with van der Waals surface area (Å²) in [5.41, 5.74) is 3.74. The second kappa shape index (κ2) is 4.62. The molecule has 0 nitrogen and oxygen atoms in total. The highest BCUT2D eigenvalue weighted by Crippen LogP contribution is 2.53. The molecule has 0 fully saturated rings. The second-order valence-electron chi connectivity index (χ2n) is 6.96. The lowest BCUT2D eigenvalue weighted by Crippen LogP contribution is -2.39. The van der Waals surface area contributed by atoms with Crippen molar-refractivity contribution in [2.24, 2.45) is 11.3 Å². The SMILES string of the molecule is BC(B)(C1CCC(C)=C(C)C1)C(C)(C)CC. The van der Waals surface area contributed by atoms with Crippen LogP contribution in [-0.4, -0.2) is 15.7 Å². The van der Waals surface area contributed by atoms with E-state index in [0.717, 1.165) is 5.92 Å². The van der Waals surface area contributed by atoms with Gasteiger partial charge in [-0.15, -0.1) is 0 Å². The van der Waals surface area contributed by atoms with Crippen LogP contribution in [0.4, 0.5) is 0 Å². The van der Waals surface area contributed by atoms with Crippen LogP contribution >= 0.6 is 0 Å². The van der Waals surface area contributed by atoms with Gasteiger partial charge in [-0.1, -0.05) is 43.6 Å². The van der Waals surface area contributed by atoms with Crippen molar-refractivity contribution in [3.8, 4) is 0 Å². The van der Waals surface area contributed by atoms with Crippen LogP contribution in [0, 0.1) is 11.3 Å². The van der Waals surface area contributed by atoms with Gasteiger partial charge in [0.15, 0.2) is 0 Å². The standard InChI is InChI=1S/C14H28B2/c1-6-13(4,5)14(15,16)12-8-7-10(2)11(3)9-12/h12H,6-9,15-16H2,1-5H3. The van der Waals surface area contributed by atoms with Crippen molar-refractivity contribution in [3.05, 3.63) is 11.1 Å². The Morgan fingerprint density at radius 3 is 2.19 bits per heavy atom. The van der Waals surface area contributed by atoms with E-state index in [0.29, 0.717) is 10.6 Å². The first-order valence-corrected chi connectivity index (χ1v) is 6.87. The molecule has 1 aliphatic carbocycles. The van der Waals surface area contributed by atoms with Gasteiger partial charge in [0.25, 0.3) is 0 Å². The maximum absolute atomic E-state index is 2.48. The lowest BCUT2D eigenvalue weighted by Gasteiger charge is -2.49. The van der Waals surface area contributed by atoms with Crippen LogP contribution in [0.15, 0.2) is 11.1 Å². The summed E-state index contributed by atoms with van der Waals surface area (Å²) in [6, 6.07) is 0. The van der Waals surface area contributed by atoms with Crippen molar-refractivity contribution >= 4 is 15.7 Å². The molecule has 1 unspecified atom stereocenters. The molecular formula is C14H28B2. The fourth-order valence-corrected chi connectivity index (χ4v) is 2.87. The van der Waals surface area contributed by atoms with Crippen LogP contribution in [0.1, 0.15) is 60.3 Å². The monoisotopic (exact) mass is 218 g/mol. The fraction of sp³-hybridized carbons (Fsp3) is 0.857. The zero-order chi connectivity index (χ0) is 12.6. The van der Waals surface area contributed by atoms with Gasteiger partial charge in [-0.05, 0) is 44.4 Å². The second-order valence-corrected chi connectivity index (χ2v) is 6.96. The Labute approximate surface area is 104 Å². The largest absolute Gasteiger partial charge is 0.100 e. The van der Waals surface area contributed by atoms with Gasteiger partial charge in [-0.3, -0.25) is 0 Å². The predicted octanol–water partition coefficient (Wildman–Crippen LogP) is 2.94. The van der Waals surface area contributed by atoms with Gasteiger partial charge < -0.3 is 0 Å². The minimum absolute atomic E-state index is 0.448. The molecule has 0 aromatic carbocycles. The maximum Gasteiger partial charge on any atom is 0.100 e. The van der Waals surface area contributed by atoms with Crippen LogP contribution in [0.2, 0.25) is 5.21 Å². The fourth-order valence-electron chi connectivity index (χ4n) is 2.87. The third-order valence-corrected chi connectivity index (χ3v) is 5.80. The first kappa shape index (κ1) is 13.9. The zero-order valence-corrected chi connectivity index (χ0v) is 12.4. The molecule has 2 heteroatoms. The Balaban J connectivity index is 2.87. The molecule has 0 spiro atoms. The van der Waals surface area contributed by atoms with Gasteiger partial charge in [-0.25, -0.2) is 0 Å². The zero-order valence-electron chi connectivity index (χ0n) is 12.4. The average Bonchev–Trinajstić information content (AvgIpc) is 2.21. The van der Waals surface area contributed by atoms with Gasteiger partial charge in [0.05, 0.1) is 0 Å². The molecule has 0 saturated heterocycles. The summed E-state index contributed by atoms with van der Waals surface area (Å²) in [7, 11) is 4.96. The van der Waals surface area contributed by atoms with Crippen LogP contribution in [-0.2, 0) is 0 Å². The van der Waals surface area contributed by atoms with Crippen molar-refractivity contribution in [1.29, 1.82) is 0 Å². The normalized spacial score (nSPS) is 23.7. The van der Waals surface area contributed by atoms with E-state index in [-0.39, 0.29) is 0 Å². The molecule has 0 radical (unpaired) electrons. The summed E-state index contributed by atoms with van der Waals surface area (Å²) in [6.45, 7) is 11.8. The molecule has 0 aromatic heterocycles. The molecule has 0 saturated carbocycles. The Morgan fingerprint density at radius 1 is 1.19 bits per heavy atom. The molecule has 0 heterocycles. The molecule has 0 aliphatic heterocycles. The average molecular weight is 218 g/mol. The van der Waals surface area contributed by atoms with Crippen molar-refractivity contribution in [1.82, 2.24) is 0 Å². The quantitative estimate of drug-likeness (QED) is 0.504. The molecule has 1 rings (SSSR count). The Morgan fingerprint density at radius 2 is 1.75 bits per heavy atom. The van der Waals surface area contributed by atoms with Crippen LogP contribution in [0.3, 0.4) is 0 Å². The highest BCUT2D eigenvalue weighted by Gasteiger charge is 2.41. The molecule has 0 aromatic rings. The summed E-state index contributed by atoms with van der Waals surface area (Å²) in [4.78, 5) is 0. The minimum atomic E-state index is 0.448. The molecule has 16 heavy (non-hydrogen) atoms. The summed E-state index contributed by atoms with van der Waals surface area (Å²) in [5, 5.41) is 0.448. The number of allylic oxidation sites excluding steroid dienone is 2. The summed E-state index contributed by atoms with van der Waals surface area (Å²) in [5.74, 6) is 0.867. The molecule has 1 aliphatic rings. The van der Waals surface area contributed by atoms with Crippen LogP contribution in [0.25, 0.3) is 0 Å². The van der Waals surface area contributed by atoms with E-state index in [4.69, 9.17) is 0 Å². The van der Waals surface area contributed by atoms with E-state index in [9.17, 15) is 0 Å². The first-order valence-electron chi connectivity index (χ1n) is 6.87. The lowest BCUT2D eigenvalue weighted by atomic mass is 9.36. The highest BCUT2D eigenvalue weighted by atomic mass is 14.4. The first-order chi connectivity index (χ1) is 7.22. The van der Waals surface area contributed by atoms with E-state index in [1.54, 1.807) is 11.1 Å². The summed E-state index contributed by atoms with van der Waals surface area (Å²) >= 11 is 0. The van der Waals surface area contributed by atoms with E-state index >= 15 is 0 Å². The summed E-state index contributed by atoms with van der Waals surface area (Å²) < 4.78 is 0. The van der Waals surface area contributed by atoms with Crippen molar-refractivity contribution in [3.63, 3.8) is 0 Å². The number of rotatable bonds is 3. The highest BCUT2D eigenvalue weighted by molar-refractivity contribution is 6.40. The number of hydrogen-bond donors (Lipinski definition) is 0. The Kier molecular flexibility index (Phi) is 4.03. The van der Waals surface area contributed by atoms with Gasteiger partial charge >= 0.3 is 0 Å². The molecular weight excluding hydrogens is 190 g/mol. The molecule has 0 N–H and O–H groups in total. The van der Waals surface area contributed by atoms with Gasteiger partial charge in [0.1, 0.15) is 15.7 Å². The van der Waals surface area contributed by atoms with E-state index in [1.165, 1.54) is 25.7 Å². The topological polar surface area (TPSA) is 0 Å². The van der Waals surface area contributed by atoms with Crippen molar-refractivity contribution in [2.45, 2.75) is 65.5 Å². The molecule has 0 bridgehead atoms. The van der Waals surface area contributed by atoms with E-state index in [2.05, 4.69) is 50.3 Å². The van der Waals surface area contributed by atoms with Crippen molar-refractivity contribution < 1.29 is 0 Å². The van der Waals surface area contributed by atoms with Crippen molar-refractivity contribution in [2.75, 3.05) is 0 Å². The van der Waals surface area contributed by atoms with Crippen LogP contribution < -0.4 is 0 Å². The Bertz CT molecular complexity index is 287. The summed E-state index contributed by atoms with van der Waals surface area (Å²) in [6.07, 6.45) is 5.31. The van der Waals surface area contributed by atoms with Crippen LogP contribution in [0.5, 0.6) is 0 Å². The molecule has 0 amide bonds. The lowest BCUT2D eigenvalue weighted by molar-refractivity contribution is 0.209. The smallest absolute Gasteiger partial charge is 0.0766 e. The number of hydrogen-bond acceptors (Lipinski definition) is 0. The van der Waals surface area contributed by atoms with E-state index < -0.39 is 0 Å². The van der Waals surface area contributed by atoms with Gasteiger partial charge in [-0.2, -0.15) is 0 Å². The van der Waals surface area contributed by atoms with Gasteiger partial charge in [0.2, 0.25) is 0 Å².